The Bertz CT molecular complexity index is 1020. The summed E-state index contributed by atoms with van der Waals surface area (Å²) in [6, 6.07) is 8.64. The standard InChI is InChI=1S/C20H19N3O4S3/c24-7-6-12-9-29-17(21-12)13-10-30-19-15(18(26)23(19)16(13)20(27)28)22-14(25)8-11-4-2-1-3-5-11/h1-5,9,15,19,24H,6-8,10H2,(H,22,25)(H,27,28)/t15-,19-/m1/s1. The van der Waals surface area contributed by atoms with Crippen LogP contribution in [0.3, 0.4) is 0 Å². The number of fused-ring (bicyclic) bond motifs is 1. The van der Waals surface area contributed by atoms with Gasteiger partial charge in [0.15, 0.2) is 0 Å². The van der Waals surface area contributed by atoms with Crippen LogP contribution in [-0.4, -0.2) is 55.7 Å². The molecule has 2 aromatic rings. The van der Waals surface area contributed by atoms with Gasteiger partial charge in [0.25, 0.3) is 5.91 Å². The predicted molar refractivity (Wildman–Crippen MR) is 119 cm³/mol. The molecule has 0 aliphatic carbocycles. The molecule has 30 heavy (non-hydrogen) atoms. The molecule has 0 saturated carbocycles. The molecular weight excluding hydrogens is 442 g/mol. The van der Waals surface area contributed by atoms with Crippen molar-refractivity contribution in [3.8, 4) is 0 Å². The van der Waals surface area contributed by atoms with Crippen molar-refractivity contribution in [1.82, 2.24) is 15.2 Å². The summed E-state index contributed by atoms with van der Waals surface area (Å²) in [6.07, 6.45) is 0.621. The lowest BCUT2D eigenvalue weighted by atomic mass is 10.0. The lowest BCUT2D eigenvalue weighted by Gasteiger charge is -2.49. The quantitative estimate of drug-likeness (QED) is 0.427. The van der Waals surface area contributed by atoms with Crippen LogP contribution in [-0.2, 0) is 27.2 Å². The summed E-state index contributed by atoms with van der Waals surface area (Å²) in [5.41, 5.74) is 2.49. The summed E-state index contributed by atoms with van der Waals surface area (Å²) < 4.78 is 0. The molecule has 2 atom stereocenters. The number of aliphatic hydroxyl groups is 1. The smallest absolute Gasteiger partial charge is 0.253 e. The van der Waals surface area contributed by atoms with Gasteiger partial charge in [-0.15, -0.1) is 23.1 Å². The summed E-state index contributed by atoms with van der Waals surface area (Å²) in [6.45, 7) is -0.00757. The second-order valence-electron chi connectivity index (χ2n) is 6.87. The fraction of sp³-hybridized carbons (Fsp3) is 0.300. The van der Waals surface area contributed by atoms with Crippen molar-refractivity contribution in [1.29, 1.82) is 0 Å². The van der Waals surface area contributed by atoms with Crippen LogP contribution >= 0.6 is 35.7 Å². The van der Waals surface area contributed by atoms with Crippen LogP contribution in [0.15, 0.2) is 41.4 Å². The highest BCUT2D eigenvalue weighted by Gasteiger charge is 2.54. The number of β-lactam (4-membered cyclic amide) rings is 1. The molecule has 1 saturated heterocycles. The van der Waals surface area contributed by atoms with Crippen LogP contribution in [0.2, 0.25) is 0 Å². The predicted octanol–water partition coefficient (Wildman–Crippen LogP) is 1.49. The minimum atomic E-state index is -0.670. The number of hydrogen-bond donors (Lipinski definition) is 3. The first-order chi connectivity index (χ1) is 14.5. The van der Waals surface area contributed by atoms with E-state index in [9.17, 15) is 14.4 Å². The number of thiol groups is 1. The number of carbonyl (C=O) groups is 3. The molecule has 2 aliphatic rings. The first-order valence-electron chi connectivity index (χ1n) is 9.29. The summed E-state index contributed by atoms with van der Waals surface area (Å²) in [5.74, 6) is -0.0784. The third-order valence-electron chi connectivity index (χ3n) is 4.87. The number of aliphatic hydroxyl groups excluding tert-OH is 1. The number of thioether (sulfide) groups is 1. The number of carbonyl (C=O) groups excluding carboxylic acids is 3. The average Bonchev–Trinajstić information content (AvgIpc) is 3.20. The van der Waals surface area contributed by atoms with E-state index in [0.717, 1.165) is 11.3 Å². The van der Waals surface area contributed by atoms with Crippen molar-refractivity contribution >= 4 is 58.2 Å². The lowest BCUT2D eigenvalue weighted by molar-refractivity contribution is -0.146. The van der Waals surface area contributed by atoms with Gasteiger partial charge in [0.1, 0.15) is 22.1 Å². The van der Waals surface area contributed by atoms with Gasteiger partial charge < -0.3 is 10.4 Å². The van der Waals surface area contributed by atoms with E-state index in [4.69, 9.17) is 5.11 Å². The molecule has 3 heterocycles. The van der Waals surface area contributed by atoms with Crippen molar-refractivity contribution in [2.24, 2.45) is 0 Å². The molecule has 7 nitrogen and oxygen atoms in total. The molecule has 1 fully saturated rings. The Morgan fingerprint density at radius 2 is 2.07 bits per heavy atom. The second-order valence-corrected chi connectivity index (χ2v) is 9.24. The van der Waals surface area contributed by atoms with Gasteiger partial charge in [0.2, 0.25) is 11.0 Å². The van der Waals surface area contributed by atoms with Crippen LogP contribution < -0.4 is 5.32 Å². The Morgan fingerprint density at radius 3 is 2.77 bits per heavy atom. The van der Waals surface area contributed by atoms with Gasteiger partial charge in [0, 0.05) is 29.7 Å². The van der Waals surface area contributed by atoms with Gasteiger partial charge in [-0.25, -0.2) is 4.98 Å². The zero-order valence-electron chi connectivity index (χ0n) is 15.8. The largest absolute Gasteiger partial charge is 0.396 e. The Balaban J connectivity index is 1.51. The van der Waals surface area contributed by atoms with E-state index in [1.54, 1.807) is 0 Å². The van der Waals surface area contributed by atoms with Crippen molar-refractivity contribution in [2.75, 3.05) is 12.4 Å². The SMILES string of the molecule is O=C(Cc1ccccc1)N[C@@H]1C(=O)N2C(C(=O)S)=C(c3nc(CCO)cs3)CS[C@H]12. The van der Waals surface area contributed by atoms with Crippen LogP contribution in [0, 0.1) is 0 Å². The maximum absolute atomic E-state index is 12.8. The molecule has 4 rings (SSSR count). The third kappa shape index (κ3) is 4.04. The van der Waals surface area contributed by atoms with Gasteiger partial charge in [-0.1, -0.05) is 43.0 Å². The van der Waals surface area contributed by atoms with E-state index in [1.165, 1.54) is 28.0 Å². The van der Waals surface area contributed by atoms with Gasteiger partial charge in [0.05, 0.1) is 12.1 Å². The molecule has 1 aromatic heterocycles. The summed E-state index contributed by atoms with van der Waals surface area (Å²) >= 11 is 6.84. The number of amides is 2. The molecule has 1 aromatic carbocycles. The number of rotatable bonds is 7. The average molecular weight is 462 g/mol. The van der Waals surface area contributed by atoms with E-state index in [0.29, 0.717) is 22.8 Å². The monoisotopic (exact) mass is 461 g/mol. The van der Waals surface area contributed by atoms with Crippen LogP contribution in [0.1, 0.15) is 16.3 Å². The summed E-state index contributed by atoms with van der Waals surface area (Å²) in [7, 11) is 0. The number of benzene rings is 1. The Morgan fingerprint density at radius 1 is 1.30 bits per heavy atom. The molecule has 10 heteroatoms. The second kappa shape index (κ2) is 8.93. The maximum Gasteiger partial charge on any atom is 0.253 e. The summed E-state index contributed by atoms with van der Waals surface area (Å²) in [5, 5.41) is 13.5. The molecule has 0 spiro atoms. The van der Waals surface area contributed by atoms with Crippen molar-refractivity contribution < 1.29 is 19.5 Å². The molecule has 0 radical (unpaired) electrons. The number of nitrogens with zero attached hydrogens (tertiary/aromatic N) is 2. The van der Waals surface area contributed by atoms with Crippen molar-refractivity contribution in [3.05, 3.63) is 57.7 Å². The molecule has 2 amide bonds. The highest BCUT2D eigenvalue weighted by atomic mass is 32.2. The number of nitrogens with one attached hydrogen (secondary N) is 1. The molecule has 0 unspecified atom stereocenters. The Labute approximate surface area is 187 Å². The zero-order valence-corrected chi connectivity index (χ0v) is 18.3. The molecule has 156 valence electrons. The Hall–Kier alpha value is -2.14. The van der Waals surface area contributed by atoms with Gasteiger partial charge in [-0.2, -0.15) is 0 Å². The first kappa shape index (κ1) is 21.1. The highest BCUT2D eigenvalue weighted by Crippen LogP contribution is 2.44. The minimum Gasteiger partial charge on any atom is -0.396 e. The summed E-state index contributed by atoms with van der Waals surface area (Å²) in [4.78, 5) is 43.4. The fourth-order valence-electron chi connectivity index (χ4n) is 3.46. The Kier molecular flexibility index (Phi) is 6.28. The fourth-order valence-corrected chi connectivity index (χ4v) is 6.04. The highest BCUT2D eigenvalue weighted by molar-refractivity contribution is 8.00. The molecule has 0 bridgehead atoms. The van der Waals surface area contributed by atoms with E-state index < -0.39 is 11.2 Å². The molecule has 2 N–H and O–H groups in total. The maximum atomic E-state index is 12.8. The van der Waals surface area contributed by atoms with Crippen LogP contribution in [0.4, 0.5) is 0 Å². The normalized spacial score (nSPS) is 20.6. The van der Waals surface area contributed by atoms with Gasteiger partial charge >= 0.3 is 0 Å². The number of hydrogen-bond acceptors (Lipinski definition) is 7. The number of thiazole rings is 1. The number of aromatic nitrogens is 1. The van der Waals surface area contributed by atoms with E-state index >= 15 is 0 Å². The van der Waals surface area contributed by atoms with E-state index in [1.807, 2.05) is 35.7 Å². The molecule has 2 aliphatic heterocycles. The first-order valence-corrected chi connectivity index (χ1v) is 11.7. The third-order valence-corrected chi connectivity index (χ3v) is 7.32. The van der Waals surface area contributed by atoms with Crippen molar-refractivity contribution in [2.45, 2.75) is 24.3 Å². The topological polar surface area (TPSA) is 99.6 Å². The molecular formula is C20H19N3O4S3. The van der Waals surface area contributed by atoms with Gasteiger partial charge in [-0.05, 0) is 5.56 Å². The van der Waals surface area contributed by atoms with Crippen molar-refractivity contribution in [3.63, 3.8) is 0 Å². The van der Waals surface area contributed by atoms with E-state index in [2.05, 4.69) is 22.9 Å². The lowest BCUT2D eigenvalue weighted by Crippen LogP contribution is -2.70. The van der Waals surface area contributed by atoms with Gasteiger partial charge in [-0.3, -0.25) is 19.3 Å². The zero-order chi connectivity index (χ0) is 21.3. The van der Waals surface area contributed by atoms with Crippen LogP contribution in [0.25, 0.3) is 5.57 Å². The van der Waals surface area contributed by atoms with Crippen LogP contribution in [0.5, 0.6) is 0 Å². The minimum absolute atomic E-state index is 0.00757. The van der Waals surface area contributed by atoms with E-state index in [-0.39, 0.29) is 35.9 Å².